The van der Waals surface area contributed by atoms with Crippen LogP contribution in [0.1, 0.15) is 32.1 Å². The first-order valence-electron chi connectivity index (χ1n) is 6.60. The van der Waals surface area contributed by atoms with Crippen molar-refractivity contribution in [2.24, 2.45) is 0 Å². The Bertz CT molecular complexity index is 414. The van der Waals surface area contributed by atoms with Gasteiger partial charge in [-0.2, -0.15) is 11.3 Å². The summed E-state index contributed by atoms with van der Waals surface area (Å²) in [4.78, 5) is 23.1. The third-order valence-electron chi connectivity index (χ3n) is 3.14. The van der Waals surface area contributed by atoms with Crippen molar-refractivity contribution < 1.29 is 9.59 Å². The molecule has 3 N–H and O–H groups in total. The molecule has 1 fully saturated rings. The third kappa shape index (κ3) is 4.90. The molecule has 19 heavy (non-hydrogen) atoms. The first kappa shape index (κ1) is 13.9. The Kier molecular flexibility index (Phi) is 5.20. The van der Waals surface area contributed by atoms with Crippen LogP contribution in [0.5, 0.6) is 0 Å². The molecule has 1 aromatic heterocycles. The van der Waals surface area contributed by atoms with Gasteiger partial charge in [-0.25, -0.2) is 4.79 Å². The van der Waals surface area contributed by atoms with Gasteiger partial charge >= 0.3 is 6.03 Å². The van der Waals surface area contributed by atoms with E-state index in [-0.39, 0.29) is 11.9 Å². The van der Waals surface area contributed by atoms with Gasteiger partial charge in [-0.3, -0.25) is 4.79 Å². The molecule has 1 heterocycles. The van der Waals surface area contributed by atoms with Gasteiger partial charge in [0.1, 0.15) is 0 Å². The second-order valence-electron chi connectivity index (χ2n) is 4.69. The number of rotatable bonds is 5. The first-order chi connectivity index (χ1) is 9.24. The molecule has 0 bridgehead atoms. The minimum atomic E-state index is -0.271. The number of carbonyl (C=O) groups is 2. The minimum absolute atomic E-state index is 0.0164. The van der Waals surface area contributed by atoms with E-state index in [9.17, 15) is 9.59 Å². The second-order valence-corrected chi connectivity index (χ2v) is 5.47. The van der Waals surface area contributed by atoms with Crippen molar-refractivity contribution in [1.29, 1.82) is 0 Å². The lowest BCUT2D eigenvalue weighted by Gasteiger charge is -2.12. The molecule has 6 heteroatoms. The van der Waals surface area contributed by atoms with Crippen LogP contribution in [0.4, 0.5) is 10.5 Å². The van der Waals surface area contributed by atoms with Crippen molar-refractivity contribution in [1.82, 2.24) is 10.6 Å². The fourth-order valence-corrected chi connectivity index (χ4v) is 2.76. The Morgan fingerprint density at radius 1 is 1.32 bits per heavy atom. The number of hydrogen-bond donors (Lipinski definition) is 3. The van der Waals surface area contributed by atoms with E-state index in [0.29, 0.717) is 19.0 Å². The van der Waals surface area contributed by atoms with Crippen LogP contribution in [-0.2, 0) is 4.79 Å². The van der Waals surface area contributed by atoms with E-state index in [1.165, 1.54) is 24.2 Å². The molecule has 1 saturated carbocycles. The molecule has 104 valence electrons. The average molecular weight is 281 g/mol. The van der Waals surface area contributed by atoms with Crippen molar-refractivity contribution in [3.8, 4) is 0 Å². The van der Waals surface area contributed by atoms with Crippen LogP contribution in [0.2, 0.25) is 0 Å². The van der Waals surface area contributed by atoms with Gasteiger partial charge in [0.25, 0.3) is 0 Å². The van der Waals surface area contributed by atoms with Crippen LogP contribution in [0.3, 0.4) is 0 Å². The number of hydrogen-bond acceptors (Lipinski definition) is 3. The Balaban J connectivity index is 1.57. The lowest BCUT2D eigenvalue weighted by Crippen LogP contribution is -2.36. The number of urea groups is 1. The molecule has 0 aliphatic heterocycles. The summed E-state index contributed by atoms with van der Waals surface area (Å²) in [5.74, 6) is 0.0164. The zero-order chi connectivity index (χ0) is 13.5. The molecule has 1 aromatic rings. The molecule has 1 aliphatic rings. The van der Waals surface area contributed by atoms with Gasteiger partial charge in [-0.1, -0.05) is 12.8 Å². The summed E-state index contributed by atoms with van der Waals surface area (Å²) >= 11 is 1.52. The van der Waals surface area contributed by atoms with Crippen LogP contribution in [0, 0.1) is 0 Å². The maximum absolute atomic E-state index is 11.6. The van der Waals surface area contributed by atoms with E-state index in [4.69, 9.17) is 0 Å². The number of carbonyl (C=O) groups excluding carboxylic acids is 2. The summed E-state index contributed by atoms with van der Waals surface area (Å²) in [6.07, 6.45) is 4.89. The molecule has 0 radical (unpaired) electrons. The Hall–Kier alpha value is -1.56. The van der Waals surface area contributed by atoms with E-state index in [0.717, 1.165) is 18.5 Å². The van der Waals surface area contributed by atoms with Crippen LogP contribution in [0.15, 0.2) is 16.8 Å². The van der Waals surface area contributed by atoms with Gasteiger partial charge in [0.15, 0.2) is 0 Å². The minimum Gasteiger partial charge on any atom is -0.353 e. The Morgan fingerprint density at radius 3 is 2.79 bits per heavy atom. The molecule has 0 spiro atoms. The lowest BCUT2D eigenvalue weighted by atomic mass is 10.2. The van der Waals surface area contributed by atoms with Crippen molar-refractivity contribution in [3.63, 3.8) is 0 Å². The molecule has 2 rings (SSSR count). The smallest absolute Gasteiger partial charge is 0.319 e. The molecular weight excluding hydrogens is 262 g/mol. The highest BCUT2D eigenvalue weighted by Crippen LogP contribution is 2.17. The van der Waals surface area contributed by atoms with E-state index in [1.807, 2.05) is 16.8 Å². The lowest BCUT2D eigenvalue weighted by molar-refractivity contribution is -0.121. The Morgan fingerprint density at radius 2 is 2.11 bits per heavy atom. The zero-order valence-corrected chi connectivity index (χ0v) is 11.6. The van der Waals surface area contributed by atoms with Gasteiger partial charge < -0.3 is 16.0 Å². The SMILES string of the molecule is O=C(CCNC(=O)Nc1ccsc1)NC1CCCC1. The van der Waals surface area contributed by atoms with Gasteiger partial charge in [-0.15, -0.1) is 0 Å². The van der Waals surface area contributed by atoms with Crippen molar-refractivity contribution in [3.05, 3.63) is 16.8 Å². The van der Waals surface area contributed by atoms with Crippen molar-refractivity contribution >= 4 is 29.0 Å². The number of amides is 3. The van der Waals surface area contributed by atoms with Crippen LogP contribution >= 0.6 is 11.3 Å². The van der Waals surface area contributed by atoms with E-state index >= 15 is 0 Å². The highest BCUT2D eigenvalue weighted by Gasteiger charge is 2.16. The maximum Gasteiger partial charge on any atom is 0.319 e. The first-order valence-corrected chi connectivity index (χ1v) is 7.55. The molecule has 3 amide bonds. The Labute approximate surface area is 116 Å². The summed E-state index contributed by atoms with van der Waals surface area (Å²) in [6, 6.07) is 1.90. The van der Waals surface area contributed by atoms with E-state index in [2.05, 4.69) is 16.0 Å². The fraction of sp³-hybridized carbons (Fsp3) is 0.538. The molecule has 0 aromatic carbocycles. The summed E-state index contributed by atoms with van der Waals surface area (Å²) in [5.41, 5.74) is 0.776. The standard InChI is InChI=1S/C13H19N3O2S/c17-12(15-10-3-1-2-4-10)5-7-14-13(18)16-11-6-8-19-9-11/h6,8-10H,1-5,7H2,(H,15,17)(H2,14,16,18). The van der Waals surface area contributed by atoms with Crippen LogP contribution in [-0.4, -0.2) is 24.5 Å². The monoisotopic (exact) mass is 281 g/mol. The van der Waals surface area contributed by atoms with Gasteiger partial charge in [0.2, 0.25) is 5.91 Å². The molecule has 5 nitrogen and oxygen atoms in total. The highest BCUT2D eigenvalue weighted by molar-refractivity contribution is 7.08. The summed E-state index contributed by atoms with van der Waals surface area (Å²) in [7, 11) is 0. The van der Waals surface area contributed by atoms with E-state index in [1.54, 1.807) is 0 Å². The number of thiophene rings is 1. The van der Waals surface area contributed by atoms with Crippen LogP contribution < -0.4 is 16.0 Å². The predicted octanol–water partition coefficient (Wildman–Crippen LogP) is 2.32. The average Bonchev–Trinajstić information content (AvgIpc) is 3.02. The quantitative estimate of drug-likeness (QED) is 0.775. The number of anilines is 1. The molecule has 0 unspecified atom stereocenters. The highest BCUT2D eigenvalue weighted by atomic mass is 32.1. The normalized spacial score (nSPS) is 15.2. The van der Waals surface area contributed by atoms with Gasteiger partial charge in [0.05, 0.1) is 5.69 Å². The fourth-order valence-electron chi connectivity index (χ4n) is 2.17. The summed E-state index contributed by atoms with van der Waals surface area (Å²) in [5, 5.41) is 12.1. The van der Waals surface area contributed by atoms with Crippen LogP contribution in [0.25, 0.3) is 0 Å². The summed E-state index contributed by atoms with van der Waals surface area (Å²) in [6.45, 7) is 0.356. The second kappa shape index (κ2) is 7.13. The predicted molar refractivity (Wildman–Crippen MR) is 76.4 cm³/mol. The molecule has 1 aliphatic carbocycles. The topological polar surface area (TPSA) is 70.2 Å². The number of nitrogens with one attached hydrogen (secondary N) is 3. The van der Waals surface area contributed by atoms with Crippen molar-refractivity contribution in [2.75, 3.05) is 11.9 Å². The third-order valence-corrected chi connectivity index (χ3v) is 3.82. The molecule has 0 atom stereocenters. The summed E-state index contributed by atoms with van der Waals surface area (Å²) < 4.78 is 0. The van der Waals surface area contributed by atoms with E-state index < -0.39 is 0 Å². The van der Waals surface area contributed by atoms with Gasteiger partial charge in [0, 0.05) is 24.4 Å². The van der Waals surface area contributed by atoms with Crippen molar-refractivity contribution in [2.45, 2.75) is 38.1 Å². The molecular formula is C13H19N3O2S. The zero-order valence-electron chi connectivity index (χ0n) is 10.8. The maximum atomic E-state index is 11.6. The largest absolute Gasteiger partial charge is 0.353 e. The molecule has 0 saturated heterocycles. The van der Waals surface area contributed by atoms with Gasteiger partial charge in [-0.05, 0) is 24.3 Å².